The highest BCUT2D eigenvalue weighted by Crippen LogP contribution is 2.57. The highest BCUT2D eigenvalue weighted by molar-refractivity contribution is 7.99. The Labute approximate surface area is 685 Å². The number of anilines is 9. The van der Waals surface area contributed by atoms with Crippen LogP contribution in [0.3, 0.4) is 0 Å². The largest absolute Gasteiger partial charge is 0.453 e. The molecule has 1 aromatic heterocycles. The molecule has 0 aliphatic carbocycles. The van der Waals surface area contributed by atoms with E-state index in [1.54, 1.807) is 11.8 Å². The van der Waals surface area contributed by atoms with Crippen LogP contribution in [-0.4, -0.2) is 4.57 Å². The summed E-state index contributed by atoms with van der Waals surface area (Å²) in [4.78, 5) is 9.38. The van der Waals surface area contributed by atoms with Gasteiger partial charge < -0.3 is 24.0 Å². The molecule has 10 heteroatoms. The van der Waals surface area contributed by atoms with Crippen LogP contribution in [0.2, 0.25) is 0 Å². The molecule has 9 nitrogen and oxygen atoms in total. The predicted molar refractivity (Wildman–Crippen MR) is 487 cm³/mol. The molecule has 0 saturated carbocycles. The van der Waals surface area contributed by atoms with E-state index in [1.165, 1.54) is 43.0 Å². The van der Waals surface area contributed by atoms with Crippen molar-refractivity contribution in [1.29, 1.82) is 21.0 Å². The van der Waals surface area contributed by atoms with Crippen molar-refractivity contribution in [3.05, 3.63) is 423 Å². The van der Waals surface area contributed by atoms with Crippen LogP contribution in [0.1, 0.15) is 22.3 Å². The lowest BCUT2D eigenvalue weighted by molar-refractivity contribution is 0.477. The SMILES string of the molecule is N#Cc1c2ccccc2c(-n2c3ccccc3c3ccccc32)c2ccccc12.N#Cc1c2ccccc2c(N(c2ccccc2)c2ccccc2)c2ccccc12.N#Cc1c2ccccc2c(N2c3ccccc3Oc3ccccc32)c2ccccc12.N#Cc1c2ccccc2c(N2c3ccccc3Sc3ccccc32)c2ccccc12. The lowest BCUT2D eigenvalue weighted by atomic mass is 9.94. The first kappa shape index (κ1) is 70.9. The van der Waals surface area contributed by atoms with Gasteiger partial charge in [0.25, 0.3) is 0 Å². The number of nitriles is 4. The Morgan fingerprint density at radius 1 is 0.220 bits per heavy atom. The van der Waals surface area contributed by atoms with Crippen LogP contribution in [0.5, 0.6) is 11.5 Å². The third-order valence-corrected chi connectivity index (χ3v) is 23.6. The van der Waals surface area contributed by atoms with Crippen LogP contribution < -0.4 is 19.4 Å². The van der Waals surface area contributed by atoms with Crippen molar-refractivity contribution in [2.45, 2.75) is 9.79 Å². The predicted octanol–water partition coefficient (Wildman–Crippen LogP) is 29.5. The summed E-state index contributed by atoms with van der Waals surface area (Å²) >= 11 is 1.81. The number of hydrogen-bond donors (Lipinski definition) is 0. The normalized spacial score (nSPS) is 11.7. The molecule has 0 fully saturated rings. The second-order valence-corrected chi connectivity index (χ2v) is 29.9. The summed E-state index contributed by atoms with van der Waals surface area (Å²) in [5.41, 5.74) is 16.1. The van der Waals surface area contributed by atoms with E-state index in [9.17, 15) is 21.0 Å². The summed E-state index contributed by atoms with van der Waals surface area (Å²) < 4.78 is 8.56. The van der Waals surface area contributed by atoms with Gasteiger partial charge in [0.2, 0.25) is 0 Å². The number of nitrogens with zero attached hydrogens (tertiary/aromatic N) is 8. The van der Waals surface area contributed by atoms with Gasteiger partial charge in [0.05, 0.1) is 78.8 Å². The number of para-hydroxylation sites is 10. The summed E-state index contributed by atoms with van der Waals surface area (Å²) in [5.74, 6) is 1.63. The van der Waals surface area contributed by atoms with Crippen molar-refractivity contribution in [2.75, 3.05) is 14.7 Å². The molecule has 2 aliphatic rings. The smallest absolute Gasteiger partial charge is 0.151 e. The van der Waals surface area contributed by atoms with Crippen LogP contribution in [0, 0.1) is 45.3 Å². The van der Waals surface area contributed by atoms with Gasteiger partial charge in [0.15, 0.2) is 11.5 Å². The number of fused-ring (bicyclic) bond motifs is 15. The van der Waals surface area contributed by atoms with Crippen LogP contribution in [0.25, 0.3) is 114 Å². The van der Waals surface area contributed by atoms with E-state index in [2.05, 4.69) is 298 Å². The average molecular weight is 1520 g/mol. The van der Waals surface area contributed by atoms with E-state index in [4.69, 9.17) is 4.74 Å². The summed E-state index contributed by atoms with van der Waals surface area (Å²) in [6, 6.07) is 146. The average Bonchev–Trinajstić information content (AvgIpc) is 1.58. The Morgan fingerprint density at radius 2 is 0.458 bits per heavy atom. The molecule has 21 aromatic rings. The number of aromatic nitrogens is 1. The lowest BCUT2D eigenvalue weighted by Crippen LogP contribution is -2.16. The molecule has 2 aliphatic heterocycles. The Balaban J connectivity index is 0.000000101. The number of hydrogen-bond acceptors (Lipinski definition) is 9. The quantitative estimate of drug-likeness (QED) is 0.150. The van der Waals surface area contributed by atoms with Gasteiger partial charge in [-0.15, -0.1) is 0 Å². The fraction of sp³-hybridized carbons (Fsp3) is 0. The highest BCUT2D eigenvalue weighted by atomic mass is 32.2. The van der Waals surface area contributed by atoms with E-state index in [-0.39, 0.29) is 0 Å². The van der Waals surface area contributed by atoms with Gasteiger partial charge in [-0.25, -0.2) is 0 Å². The maximum Gasteiger partial charge on any atom is 0.151 e. The number of rotatable bonds is 6. The van der Waals surface area contributed by atoms with Crippen molar-refractivity contribution in [3.63, 3.8) is 0 Å². The maximum absolute atomic E-state index is 9.98. The summed E-state index contributed by atoms with van der Waals surface area (Å²) in [6.07, 6.45) is 0. The molecule has 0 N–H and O–H groups in total. The molecule has 0 amide bonds. The van der Waals surface area contributed by atoms with Gasteiger partial charge >= 0.3 is 0 Å². The molecule has 118 heavy (non-hydrogen) atoms. The first-order chi connectivity index (χ1) is 58.5. The Morgan fingerprint density at radius 3 is 0.788 bits per heavy atom. The van der Waals surface area contributed by atoms with E-state index >= 15 is 0 Å². The first-order valence-electron chi connectivity index (χ1n) is 39.0. The molecule has 0 saturated heterocycles. The van der Waals surface area contributed by atoms with Crippen LogP contribution >= 0.6 is 11.8 Å². The minimum atomic E-state index is 0.708. The molecular formula is C108H66N8OS. The van der Waals surface area contributed by atoms with Gasteiger partial charge in [-0.05, 0) is 84.9 Å². The Kier molecular flexibility index (Phi) is 18.2. The van der Waals surface area contributed by atoms with Gasteiger partial charge in [0.1, 0.15) is 24.3 Å². The van der Waals surface area contributed by atoms with Crippen molar-refractivity contribution >= 4 is 171 Å². The highest BCUT2D eigenvalue weighted by Gasteiger charge is 2.32. The molecule has 0 bridgehead atoms. The standard InChI is InChI=1S/C27H16N2O.C27H16N2S.C27H16N2.C27H18N2/c2*28-17-22-18-9-1-3-11-20(18)27(21-12-4-2-10-19(21)22)29-23-13-5-7-15-25(23)30-26-16-8-6-14-24(26)29;28-17-24-18-9-1-3-13-22(18)27(23-14-4-2-10-19(23)24)29-25-15-7-5-11-20(25)21-12-6-8-16-26(21)29;28-19-26-22-15-7-9-17-24(22)27(25-18-10-8-16-23(25)26)29(20-11-3-1-4-12-20)21-13-5-2-6-14-21/h2*1-16H;1-16H;1-18H. The number of ether oxygens (including phenoxy) is 1. The topological polar surface area (TPSA) is 119 Å². The third-order valence-electron chi connectivity index (χ3n) is 22.4. The number of benzene rings is 20. The van der Waals surface area contributed by atoms with Crippen LogP contribution in [0.15, 0.2) is 410 Å². The molecular weight excluding hydrogens is 1460 g/mol. The second kappa shape index (κ2) is 30.4. The van der Waals surface area contributed by atoms with Crippen molar-refractivity contribution in [1.82, 2.24) is 4.57 Å². The van der Waals surface area contributed by atoms with Crippen molar-refractivity contribution < 1.29 is 4.74 Å². The molecule has 0 atom stereocenters. The fourth-order valence-electron chi connectivity index (χ4n) is 17.5. The van der Waals surface area contributed by atoms with E-state index in [1.807, 2.05) is 146 Å². The Bertz CT molecular complexity index is 7160. The van der Waals surface area contributed by atoms with E-state index in [0.717, 1.165) is 160 Å². The van der Waals surface area contributed by atoms with Crippen LogP contribution in [0.4, 0.5) is 51.2 Å². The molecule has 0 unspecified atom stereocenters. The van der Waals surface area contributed by atoms with Crippen molar-refractivity contribution in [3.8, 4) is 41.5 Å². The monoisotopic (exact) mass is 1520 g/mol. The van der Waals surface area contributed by atoms with Gasteiger partial charge in [-0.1, -0.05) is 327 Å². The molecule has 550 valence electrons. The second-order valence-electron chi connectivity index (χ2n) is 28.8. The molecule has 23 rings (SSSR count). The zero-order valence-electron chi connectivity index (χ0n) is 63.5. The van der Waals surface area contributed by atoms with Gasteiger partial charge in [0, 0.05) is 118 Å². The third kappa shape index (κ3) is 11.9. The van der Waals surface area contributed by atoms with Gasteiger partial charge in [-0.2, -0.15) is 21.0 Å². The fourth-order valence-corrected chi connectivity index (χ4v) is 18.5. The minimum absolute atomic E-state index is 0.708. The zero-order chi connectivity index (χ0) is 79.2. The molecule has 0 spiro atoms. The maximum atomic E-state index is 9.98. The molecule has 20 aromatic carbocycles. The Hall–Kier alpha value is -16.2. The summed E-state index contributed by atoms with van der Waals surface area (Å²) in [7, 11) is 0. The van der Waals surface area contributed by atoms with Gasteiger partial charge in [-0.3, -0.25) is 0 Å². The summed E-state index contributed by atoms with van der Waals surface area (Å²) in [6.45, 7) is 0. The zero-order valence-corrected chi connectivity index (χ0v) is 64.3. The lowest BCUT2D eigenvalue weighted by Gasteiger charge is -2.34. The first-order valence-corrected chi connectivity index (χ1v) is 39.9. The molecule has 0 radical (unpaired) electrons. The van der Waals surface area contributed by atoms with E-state index in [0.29, 0.717) is 5.56 Å². The van der Waals surface area contributed by atoms with Crippen molar-refractivity contribution in [2.24, 2.45) is 0 Å². The van der Waals surface area contributed by atoms with E-state index < -0.39 is 0 Å². The molecule has 3 heterocycles. The minimum Gasteiger partial charge on any atom is -0.453 e. The van der Waals surface area contributed by atoms with Crippen LogP contribution in [-0.2, 0) is 0 Å². The summed E-state index contributed by atoms with van der Waals surface area (Å²) in [5, 5.41) is 58.7.